The Morgan fingerprint density at radius 2 is 1.74 bits per heavy atom. The Bertz CT molecular complexity index is 735. The Hall–Kier alpha value is -2.15. The van der Waals surface area contributed by atoms with E-state index >= 15 is 0 Å². The predicted octanol–water partition coefficient (Wildman–Crippen LogP) is 2.03. The molecule has 1 heterocycles. The lowest BCUT2D eigenvalue weighted by atomic mass is 9.98. The van der Waals surface area contributed by atoms with Crippen LogP contribution in [0.4, 0.5) is 5.69 Å². The third-order valence-electron chi connectivity index (χ3n) is 4.95. The molecular weight excluding hydrogens is 358 g/mol. The molecule has 1 fully saturated rings. The summed E-state index contributed by atoms with van der Waals surface area (Å²) in [6.45, 7) is 5.79. The number of hydrogen-bond acceptors (Lipinski definition) is 3. The second-order valence-corrected chi connectivity index (χ2v) is 7.15. The molecule has 0 saturated carbocycles. The summed E-state index contributed by atoms with van der Waals surface area (Å²) < 4.78 is 11.0. The van der Waals surface area contributed by atoms with Crippen LogP contribution in [0.3, 0.4) is 0 Å². The molecule has 0 radical (unpaired) electrons. The van der Waals surface area contributed by atoms with E-state index in [2.05, 4.69) is 47.9 Å². The molecule has 0 spiro atoms. The molecule has 2 atom stereocenters. The van der Waals surface area contributed by atoms with E-state index in [1.165, 1.54) is 10.5 Å². The van der Waals surface area contributed by atoms with Gasteiger partial charge in [-0.15, -0.1) is 0 Å². The zero-order valence-corrected chi connectivity index (χ0v) is 16.7. The molecule has 1 aliphatic heterocycles. The normalized spacial score (nSPS) is 17.0. The summed E-state index contributed by atoms with van der Waals surface area (Å²) in [5, 5.41) is 7.34. The molecule has 6 heteroatoms. The summed E-state index contributed by atoms with van der Waals surface area (Å²) in [7, 11) is 1.66. The minimum Gasteiger partial charge on any atom is -0.495 e. The molecule has 0 bridgehead atoms. The maximum absolute atomic E-state index is 5.58. The van der Waals surface area contributed by atoms with Gasteiger partial charge in [0.2, 0.25) is 0 Å². The molecule has 0 amide bonds. The average Bonchev–Trinajstić information content (AvgIpc) is 2.70. The Labute approximate surface area is 166 Å². The fraction of sp³-hybridized carbons (Fsp3) is 0.381. The van der Waals surface area contributed by atoms with Gasteiger partial charge in [0.25, 0.3) is 0 Å². The number of benzene rings is 2. The van der Waals surface area contributed by atoms with Crippen LogP contribution < -0.4 is 20.3 Å². The number of anilines is 1. The first kappa shape index (κ1) is 19.6. The highest BCUT2D eigenvalue weighted by Gasteiger charge is 2.31. The van der Waals surface area contributed by atoms with E-state index in [1.807, 2.05) is 24.3 Å². The topological polar surface area (TPSA) is 47.0 Å². The lowest BCUT2D eigenvalue weighted by Crippen LogP contribution is -3.15. The first-order chi connectivity index (χ1) is 13.2. The average molecular weight is 387 g/mol. The Morgan fingerprint density at radius 1 is 1.07 bits per heavy atom. The summed E-state index contributed by atoms with van der Waals surface area (Å²) >= 11 is 5.58. The molecule has 0 aromatic heterocycles. The van der Waals surface area contributed by atoms with Crippen molar-refractivity contribution in [2.24, 2.45) is 0 Å². The lowest BCUT2D eigenvalue weighted by molar-refractivity contribution is -0.940. The molecule has 5 nitrogen and oxygen atoms in total. The number of nitrogens with one attached hydrogen (secondary N) is 3. The van der Waals surface area contributed by atoms with Crippen molar-refractivity contribution < 1.29 is 14.4 Å². The number of methoxy groups -OCH3 is 1. The lowest BCUT2D eigenvalue weighted by Gasteiger charge is -2.35. The van der Waals surface area contributed by atoms with Crippen molar-refractivity contribution in [1.29, 1.82) is 0 Å². The molecule has 2 aromatic carbocycles. The largest absolute Gasteiger partial charge is 0.495 e. The van der Waals surface area contributed by atoms with Gasteiger partial charge < -0.3 is 25.0 Å². The second-order valence-electron chi connectivity index (χ2n) is 6.75. The molecule has 2 aromatic rings. The van der Waals surface area contributed by atoms with Gasteiger partial charge in [-0.1, -0.05) is 42.5 Å². The number of rotatable bonds is 6. The molecule has 0 aliphatic carbocycles. The summed E-state index contributed by atoms with van der Waals surface area (Å²) in [4.78, 5) is 1.52. The zero-order valence-electron chi connectivity index (χ0n) is 15.9. The van der Waals surface area contributed by atoms with Crippen LogP contribution in [-0.4, -0.2) is 44.6 Å². The van der Waals surface area contributed by atoms with Crippen molar-refractivity contribution in [3.05, 3.63) is 60.2 Å². The zero-order chi connectivity index (χ0) is 19.1. The van der Waals surface area contributed by atoms with Gasteiger partial charge in [-0.3, -0.25) is 0 Å². The number of para-hydroxylation sites is 2. The monoisotopic (exact) mass is 386 g/mol. The van der Waals surface area contributed by atoms with E-state index in [1.54, 1.807) is 7.11 Å². The number of morpholine rings is 1. The minimum absolute atomic E-state index is 0.162. The first-order valence-corrected chi connectivity index (χ1v) is 9.77. The van der Waals surface area contributed by atoms with Crippen molar-refractivity contribution >= 4 is 23.0 Å². The third kappa shape index (κ3) is 5.19. The quantitative estimate of drug-likeness (QED) is 0.663. The van der Waals surface area contributed by atoms with E-state index in [0.717, 1.165) is 37.7 Å². The Morgan fingerprint density at radius 3 is 2.44 bits per heavy atom. The number of thiocarbonyl (C=S) groups is 1. The fourth-order valence-electron chi connectivity index (χ4n) is 3.68. The van der Waals surface area contributed by atoms with E-state index < -0.39 is 0 Å². The van der Waals surface area contributed by atoms with E-state index in [-0.39, 0.29) is 6.04 Å². The van der Waals surface area contributed by atoms with Gasteiger partial charge in [0.15, 0.2) is 5.11 Å². The van der Waals surface area contributed by atoms with Gasteiger partial charge >= 0.3 is 0 Å². The first-order valence-electron chi connectivity index (χ1n) is 9.37. The highest BCUT2D eigenvalue weighted by molar-refractivity contribution is 7.80. The molecule has 3 rings (SSSR count). The number of hydrogen-bond donors (Lipinski definition) is 3. The summed E-state index contributed by atoms with van der Waals surface area (Å²) in [6.07, 6.45) is 0. The van der Waals surface area contributed by atoms with Crippen LogP contribution in [0.15, 0.2) is 54.6 Å². The van der Waals surface area contributed by atoms with Crippen LogP contribution in [0.5, 0.6) is 5.75 Å². The van der Waals surface area contributed by atoms with E-state index in [9.17, 15) is 0 Å². The van der Waals surface area contributed by atoms with Crippen LogP contribution in [0.2, 0.25) is 0 Å². The van der Waals surface area contributed by atoms with Crippen LogP contribution in [0.25, 0.3) is 0 Å². The van der Waals surface area contributed by atoms with E-state index in [4.69, 9.17) is 21.7 Å². The third-order valence-corrected chi connectivity index (χ3v) is 5.17. The smallest absolute Gasteiger partial charge is 0.171 e. The molecule has 144 valence electrons. The molecule has 1 saturated heterocycles. The Kier molecular flexibility index (Phi) is 7.04. The molecule has 27 heavy (non-hydrogen) atoms. The van der Waals surface area contributed by atoms with Crippen molar-refractivity contribution in [3.63, 3.8) is 0 Å². The maximum atomic E-state index is 5.58. The maximum Gasteiger partial charge on any atom is 0.171 e. The van der Waals surface area contributed by atoms with E-state index in [0.29, 0.717) is 11.2 Å². The summed E-state index contributed by atoms with van der Waals surface area (Å²) in [5.74, 6) is 0.771. The van der Waals surface area contributed by atoms with Gasteiger partial charge in [0.1, 0.15) is 24.9 Å². The van der Waals surface area contributed by atoms with Gasteiger partial charge in [-0.25, -0.2) is 0 Å². The van der Waals surface area contributed by atoms with Crippen LogP contribution in [0, 0.1) is 0 Å². The van der Waals surface area contributed by atoms with Crippen LogP contribution in [-0.2, 0) is 4.74 Å². The summed E-state index contributed by atoms with van der Waals surface area (Å²) in [5.41, 5.74) is 2.18. The molecule has 0 unspecified atom stereocenters. The number of quaternary nitrogens is 1. The van der Waals surface area contributed by atoms with Crippen molar-refractivity contribution in [1.82, 2.24) is 5.32 Å². The van der Waals surface area contributed by atoms with Crippen LogP contribution in [0.1, 0.15) is 18.5 Å². The molecule has 3 N–H and O–H groups in total. The second kappa shape index (κ2) is 9.69. The van der Waals surface area contributed by atoms with Crippen LogP contribution >= 0.6 is 12.2 Å². The van der Waals surface area contributed by atoms with Gasteiger partial charge in [0.05, 0.1) is 32.1 Å². The van der Waals surface area contributed by atoms with Crippen molar-refractivity contribution in [2.45, 2.75) is 19.0 Å². The van der Waals surface area contributed by atoms with Gasteiger partial charge in [-0.05, 0) is 31.3 Å². The Balaban J connectivity index is 1.71. The highest BCUT2D eigenvalue weighted by Crippen LogP contribution is 2.23. The molecular formula is C21H28N3O2S+. The minimum atomic E-state index is 0.162. The van der Waals surface area contributed by atoms with Gasteiger partial charge in [-0.2, -0.15) is 0 Å². The highest BCUT2D eigenvalue weighted by atomic mass is 32.1. The van der Waals surface area contributed by atoms with Gasteiger partial charge in [0, 0.05) is 5.56 Å². The fourth-order valence-corrected chi connectivity index (χ4v) is 3.98. The number of ether oxygens (including phenoxy) is 2. The standard InChI is InChI=1S/C21H27N3O2S/c1-16(22-21(27)23-18-10-6-7-11-19(18)25-2)20(17-8-4-3-5-9-17)24-12-14-26-15-13-24/h3-11,16,20H,12-15H2,1-2H3,(H2,22,23,27)/p+1/t16-,20+/m0/s1. The van der Waals surface area contributed by atoms with Crippen molar-refractivity contribution in [3.8, 4) is 5.75 Å². The SMILES string of the molecule is COc1ccccc1NC(=S)N[C@@H](C)[C@H](c1ccccc1)[NH+]1CCOCC1. The predicted molar refractivity (Wildman–Crippen MR) is 113 cm³/mol. The molecule has 1 aliphatic rings. The van der Waals surface area contributed by atoms with Crippen molar-refractivity contribution in [2.75, 3.05) is 38.7 Å². The summed E-state index contributed by atoms with van der Waals surface area (Å²) in [6, 6.07) is 18.9.